The summed E-state index contributed by atoms with van der Waals surface area (Å²) in [4.78, 5) is 5.23. The van der Waals surface area contributed by atoms with Crippen LogP contribution in [-0.2, 0) is 0 Å². The highest BCUT2D eigenvalue weighted by Crippen LogP contribution is 2.06. The summed E-state index contributed by atoms with van der Waals surface area (Å²) < 4.78 is 0. The van der Waals surface area contributed by atoms with E-state index in [2.05, 4.69) is 36.0 Å². The van der Waals surface area contributed by atoms with Gasteiger partial charge in [-0.25, -0.2) is 0 Å². The molecule has 1 rings (SSSR count). The summed E-state index contributed by atoms with van der Waals surface area (Å²) in [5.41, 5.74) is 0. The van der Waals surface area contributed by atoms with E-state index in [1.165, 1.54) is 65.0 Å². The highest BCUT2D eigenvalue weighted by Gasteiger charge is 2.15. The highest BCUT2D eigenvalue weighted by molar-refractivity contribution is 4.72. The lowest BCUT2D eigenvalue weighted by molar-refractivity contribution is 0.130. The van der Waals surface area contributed by atoms with Gasteiger partial charge in [-0.3, -0.25) is 0 Å². The lowest BCUT2D eigenvalue weighted by Gasteiger charge is -2.34. The molecule has 0 aromatic carbocycles. The molecule has 0 amide bonds. The van der Waals surface area contributed by atoms with Gasteiger partial charge in [0.05, 0.1) is 0 Å². The Labute approximate surface area is 108 Å². The van der Waals surface area contributed by atoms with Gasteiger partial charge >= 0.3 is 0 Å². The third kappa shape index (κ3) is 5.84. The van der Waals surface area contributed by atoms with Gasteiger partial charge in [0.25, 0.3) is 0 Å². The maximum absolute atomic E-state index is 3.39. The Morgan fingerprint density at radius 2 is 1.59 bits per heavy atom. The van der Waals surface area contributed by atoms with Crippen molar-refractivity contribution in [3.63, 3.8) is 0 Å². The summed E-state index contributed by atoms with van der Waals surface area (Å²) in [5.74, 6) is 0. The SMILES string of the molecule is CCCN1CCN(CCCC(CC)NC)CC1. The van der Waals surface area contributed by atoms with E-state index in [4.69, 9.17) is 0 Å². The van der Waals surface area contributed by atoms with Crippen molar-refractivity contribution in [2.75, 3.05) is 46.3 Å². The molecule has 0 aliphatic carbocycles. The second-order valence-electron chi connectivity index (χ2n) is 5.22. The van der Waals surface area contributed by atoms with Crippen LogP contribution in [0.5, 0.6) is 0 Å². The van der Waals surface area contributed by atoms with Crippen LogP contribution in [0.15, 0.2) is 0 Å². The molecule has 1 aliphatic rings. The number of hydrogen-bond acceptors (Lipinski definition) is 3. The van der Waals surface area contributed by atoms with E-state index in [9.17, 15) is 0 Å². The van der Waals surface area contributed by atoms with Gasteiger partial charge in [0.1, 0.15) is 0 Å². The molecule has 1 aliphatic heterocycles. The normalized spacial score (nSPS) is 20.6. The maximum atomic E-state index is 3.39. The third-order valence-electron chi connectivity index (χ3n) is 3.93. The first-order chi connectivity index (χ1) is 8.30. The Hall–Kier alpha value is -0.120. The second kappa shape index (κ2) is 8.90. The fourth-order valence-corrected chi connectivity index (χ4v) is 2.67. The molecule has 0 saturated carbocycles. The van der Waals surface area contributed by atoms with Crippen LogP contribution in [0.3, 0.4) is 0 Å². The molecular weight excluding hydrogens is 210 g/mol. The minimum absolute atomic E-state index is 0.719. The fraction of sp³-hybridized carbons (Fsp3) is 1.00. The summed E-state index contributed by atoms with van der Waals surface area (Å²) in [7, 11) is 2.08. The van der Waals surface area contributed by atoms with Crippen molar-refractivity contribution in [3.05, 3.63) is 0 Å². The minimum Gasteiger partial charge on any atom is -0.317 e. The average Bonchev–Trinajstić information content (AvgIpc) is 2.37. The summed E-state index contributed by atoms with van der Waals surface area (Å²) >= 11 is 0. The Morgan fingerprint density at radius 3 is 2.06 bits per heavy atom. The van der Waals surface area contributed by atoms with Crippen molar-refractivity contribution in [3.8, 4) is 0 Å². The first-order valence-electron chi connectivity index (χ1n) is 7.42. The molecule has 0 radical (unpaired) electrons. The van der Waals surface area contributed by atoms with Gasteiger partial charge in [-0.15, -0.1) is 0 Å². The van der Waals surface area contributed by atoms with Gasteiger partial charge in [0.15, 0.2) is 0 Å². The van der Waals surface area contributed by atoms with Crippen LogP contribution in [0.25, 0.3) is 0 Å². The average molecular weight is 241 g/mol. The number of hydrogen-bond donors (Lipinski definition) is 1. The van der Waals surface area contributed by atoms with E-state index in [0.717, 1.165) is 6.04 Å². The minimum atomic E-state index is 0.719. The summed E-state index contributed by atoms with van der Waals surface area (Å²) in [6.07, 6.45) is 5.20. The fourth-order valence-electron chi connectivity index (χ4n) is 2.67. The highest BCUT2D eigenvalue weighted by atomic mass is 15.3. The molecule has 0 spiro atoms. The molecule has 3 nitrogen and oxygen atoms in total. The summed E-state index contributed by atoms with van der Waals surface area (Å²) in [6.45, 7) is 12.2. The topological polar surface area (TPSA) is 18.5 Å². The summed E-state index contributed by atoms with van der Waals surface area (Å²) in [5, 5.41) is 3.39. The van der Waals surface area contributed by atoms with Gasteiger partial charge in [-0.05, 0) is 45.8 Å². The molecule has 0 aromatic rings. The standard InChI is InChI=1S/C14H31N3/c1-4-8-16-10-12-17(13-11-16)9-6-7-14(5-2)15-3/h14-15H,4-13H2,1-3H3. The molecule has 3 heteroatoms. The van der Waals surface area contributed by atoms with Gasteiger partial charge in [0.2, 0.25) is 0 Å². The molecule has 102 valence electrons. The predicted molar refractivity (Wildman–Crippen MR) is 75.5 cm³/mol. The van der Waals surface area contributed by atoms with Crippen molar-refractivity contribution >= 4 is 0 Å². The quantitative estimate of drug-likeness (QED) is 0.699. The monoisotopic (exact) mass is 241 g/mol. The van der Waals surface area contributed by atoms with E-state index in [-0.39, 0.29) is 0 Å². The van der Waals surface area contributed by atoms with Gasteiger partial charge < -0.3 is 15.1 Å². The zero-order chi connectivity index (χ0) is 12.5. The maximum Gasteiger partial charge on any atom is 0.0110 e. The van der Waals surface area contributed by atoms with Crippen LogP contribution in [0.1, 0.15) is 39.5 Å². The molecule has 1 saturated heterocycles. The van der Waals surface area contributed by atoms with Gasteiger partial charge in [0, 0.05) is 32.2 Å². The lowest BCUT2D eigenvalue weighted by Crippen LogP contribution is -2.46. The summed E-state index contributed by atoms with van der Waals surface area (Å²) in [6, 6.07) is 0.719. The Morgan fingerprint density at radius 1 is 1.00 bits per heavy atom. The Balaban J connectivity index is 2.06. The molecule has 17 heavy (non-hydrogen) atoms. The van der Waals surface area contributed by atoms with E-state index < -0.39 is 0 Å². The van der Waals surface area contributed by atoms with Crippen molar-refractivity contribution in [2.24, 2.45) is 0 Å². The molecule has 0 aromatic heterocycles. The van der Waals surface area contributed by atoms with E-state index >= 15 is 0 Å². The molecular formula is C14H31N3. The van der Waals surface area contributed by atoms with Crippen LogP contribution in [0.4, 0.5) is 0 Å². The molecule has 1 N–H and O–H groups in total. The second-order valence-corrected chi connectivity index (χ2v) is 5.22. The van der Waals surface area contributed by atoms with E-state index in [1.54, 1.807) is 0 Å². The van der Waals surface area contributed by atoms with Crippen molar-refractivity contribution in [1.29, 1.82) is 0 Å². The van der Waals surface area contributed by atoms with Gasteiger partial charge in [-0.2, -0.15) is 0 Å². The van der Waals surface area contributed by atoms with Crippen molar-refractivity contribution in [2.45, 2.75) is 45.6 Å². The van der Waals surface area contributed by atoms with Crippen molar-refractivity contribution in [1.82, 2.24) is 15.1 Å². The van der Waals surface area contributed by atoms with Crippen molar-refractivity contribution < 1.29 is 0 Å². The molecule has 1 unspecified atom stereocenters. The van der Waals surface area contributed by atoms with Crippen LogP contribution < -0.4 is 5.32 Å². The lowest BCUT2D eigenvalue weighted by atomic mass is 10.1. The Bertz CT molecular complexity index is 172. The first kappa shape index (κ1) is 14.9. The number of rotatable bonds is 8. The molecule has 1 heterocycles. The molecule has 0 bridgehead atoms. The van der Waals surface area contributed by atoms with Gasteiger partial charge in [-0.1, -0.05) is 13.8 Å². The smallest absolute Gasteiger partial charge is 0.0110 e. The Kier molecular flexibility index (Phi) is 7.82. The third-order valence-corrected chi connectivity index (χ3v) is 3.93. The number of piperazine rings is 1. The van der Waals surface area contributed by atoms with Crippen LogP contribution in [-0.4, -0.2) is 62.2 Å². The zero-order valence-corrected chi connectivity index (χ0v) is 12.0. The molecule has 1 atom stereocenters. The van der Waals surface area contributed by atoms with E-state index in [1.807, 2.05) is 0 Å². The molecule has 1 fully saturated rings. The number of nitrogens with zero attached hydrogens (tertiary/aromatic N) is 2. The van der Waals surface area contributed by atoms with Crippen LogP contribution in [0.2, 0.25) is 0 Å². The number of nitrogens with one attached hydrogen (secondary N) is 1. The largest absolute Gasteiger partial charge is 0.317 e. The zero-order valence-electron chi connectivity index (χ0n) is 12.0. The van der Waals surface area contributed by atoms with Crippen LogP contribution >= 0.6 is 0 Å². The van der Waals surface area contributed by atoms with E-state index in [0.29, 0.717) is 0 Å². The predicted octanol–water partition coefficient (Wildman–Crippen LogP) is 1.79. The first-order valence-corrected chi connectivity index (χ1v) is 7.42. The van der Waals surface area contributed by atoms with Crippen LogP contribution in [0, 0.1) is 0 Å².